The SMILES string of the molecule is CC1CCC2(C)C(CCC3C2CCC2(C)C3CC[C@@H]2C(=O)Cn2cc3ccncc3n2)C1. The second-order valence-corrected chi connectivity index (χ2v) is 12.4. The maximum Gasteiger partial charge on any atom is 0.157 e. The van der Waals surface area contributed by atoms with E-state index >= 15 is 0 Å². The quantitative estimate of drug-likeness (QED) is 0.571. The third kappa shape index (κ3) is 3.04. The summed E-state index contributed by atoms with van der Waals surface area (Å²) < 4.78 is 1.85. The number of aromatic nitrogens is 3. The van der Waals surface area contributed by atoms with Gasteiger partial charge in [-0.2, -0.15) is 5.10 Å². The van der Waals surface area contributed by atoms with Crippen LogP contribution >= 0.6 is 0 Å². The zero-order valence-corrected chi connectivity index (χ0v) is 20.1. The first-order valence-electron chi connectivity index (χ1n) is 13.2. The summed E-state index contributed by atoms with van der Waals surface area (Å²) in [5.41, 5.74) is 1.63. The van der Waals surface area contributed by atoms with Crippen molar-refractivity contribution >= 4 is 16.7 Å². The second-order valence-electron chi connectivity index (χ2n) is 12.4. The highest BCUT2D eigenvalue weighted by Gasteiger charge is 2.60. The molecule has 6 rings (SSSR count). The molecule has 172 valence electrons. The Hall–Kier alpha value is -1.71. The minimum absolute atomic E-state index is 0.192. The number of fused-ring (bicyclic) bond motifs is 6. The standard InChI is InChI=1S/C28H39N3O/c1-18-8-11-27(2)20(14-18)4-5-21-22-6-7-24(28(22,3)12-9-23(21)27)26(32)17-31-16-19-10-13-29-15-25(19)30-31/h10,13,15-16,18,20-24H,4-9,11-12,14,17H2,1-3H3/t18?,20?,21?,22?,23?,24-,27?,28?/m1/s1. The van der Waals surface area contributed by atoms with Gasteiger partial charge in [0.15, 0.2) is 5.78 Å². The van der Waals surface area contributed by atoms with Crippen LogP contribution in [0, 0.1) is 46.3 Å². The van der Waals surface area contributed by atoms with Crippen LogP contribution in [0.25, 0.3) is 10.9 Å². The second kappa shape index (κ2) is 7.40. The van der Waals surface area contributed by atoms with Gasteiger partial charge in [0.1, 0.15) is 5.52 Å². The van der Waals surface area contributed by atoms with Crippen LogP contribution in [0.4, 0.5) is 0 Å². The smallest absolute Gasteiger partial charge is 0.157 e. The fourth-order valence-corrected chi connectivity index (χ4v) is 9.27. The van der Waals surface area contributed by atoms with Crippen molar-refractivity contribution in [3.05, 3.63) is 24.7 Å². The largest absolute Gasteiger partial charge is 0.297 e. The lowest BCUT2D eigenvalue weighted by molar-refractivity contribution is -0.137. The fourth-order valence-electron chi connectivity index (χ4n) is 9.27. The molecule has 0 N–H and O–H groups in total. The number of carbonyl (C=O) groups excluding carboxylic acids is 1. The summed E-state index contributed by atoms with van der Waals surface area (Å²) >= 11 is 0. The molecule has 0 aliphatic heterocycles. The average Bonchev–Trinajstić information content (AvgIpc) is 3.34. The number of carbonyl (C=O) groups is 1. The zero-order valence-electron chi connectivity index (χ0n) is 20.1. The van der Waals surface area contributed by atoms with Gasteiger partial charge < -0.3 is 0 Å². The van der Waals surface area contributed by atoms with Gasteiger partial charge in [-0.15, -0.1) is 0 Å². The normalized spacial score (nSPS) is 43.5. The molecule has 2 aromatic heterocycles. The Kier molecular flexibility index (Phi) is 4.82. The molecule has 0 aromatic carbocycles. The van der Waals surface area contributed by atoms with Crippen molar-refractivity contribution in [3.8, 4) is 0 Å². The molecule has 4 nitrogen and oxygen atoms in total. The van der Waals surface area contributed by atoms with E-state index in [-0.39, 0.29) is 11.3 Å². The van der Waals surface area contributed by atoms with Gasteiger partial charge in [-0.05, 0) is 97.9 Å². The van der Waals surface area contributed by atoms with Crippen LogP contribution in [0.5, 0.6) is 0 Å². The summed E-state index contributed by atoms with van der Waals surface area (Å²) in [5, 5.41) is 5.68. The third-order valence-electron chi connectivity index (χ3n) is 11.0. The number of hydrogen-bond donors (Lipinski definition) is 0. The summed E-state index contributed by atoms with van der Waals surface area (Å²) in [6, 6.07) is 1.97. The average molecular weight is 434 g/mol. The van der Waals surface area contributed by atoms with Gasteiger partial charge >= 0.3 is 0 Å². The Morgan fingerprint density at radius 2 is 1.88 bits per heavy atom. The van der Waals surface area contributed by atoms with E-state index in [0.717, 1.165) is 46.9 Å². The summed E-state index contributed by atoms with van der Waals surface area (Å²) in [6.07, 6.45) is 17.7. The number of nitrogens with zero attached hydrogens (tertiary/aromatic N) is 3. The number of pyridine rings is 1. The maximum absolute atomic E-state index is 13.6. The molecule has 7 unspecified atom stereocenters. The molecule has 4 aliphatic carbocycles. The van der Waals surface area contributed by atoms with E-state index in [1.54, 1.807) is 12.4 Å². The molecular weight excluding hydrogens is 394 g/mol. The van der Waals surface area contributed by atoms with E-state index in [1.165, 1.54) is 51.4 Å². The molecule has 0 saturated heterocycles. The van der Waals surface area contributed by atoms with Crippen LogP contribution in [-0.4, -0.2) is 20.5 Å². The van der Waals surface area contributed by atoms with Crippen molar-refractivity contribution in [2.75, 3.05) is 0 Å². The molecule has 0 spiro atoms. The molecule has 8 atom stereocenters. The molecule has 32 heavy (non-hydrogen) atoms. The lowest BCUT2D eigenvalue weighted by atomic mass is 9.44. The first-order chi connectivity index (χ1) is 15.4. The van der Waals surface area contributed by atoms with Gasteiger partial charge in [0, 0.05) is 23.7 Å². The van der Waals surface area contributed by atoms with Crippen LogP contribution in [0.1, 0.15) is 78.6 Å². The summed E-state index contributed by atoms with van der Waals surface area (Å²) in [7, 11) is 0. The lowest BCUT2D eigenvalue weighted by Gasteiger charge is -2.61. The Balaban J connectivity index is 1.21. The molecule has 2 heterocycles. The Labute approximate surface area is 192 Å². The molecule has 4 heteroatoms. The van der Waals surface area contributed by atoms with E-state index in [4.69, 9.17) is 0 Å². The first-order valence-corrected chi connectivity index (χ1v) is 13.2. The highest BCUT2D eigenvalue weighted by atomic mass is 16.1. The number of Topliss-reactive ketones (excluding diaryl/α,β-unsaturated/α-hetero) is 1. The predicted molar refractivity (Wildman–Crippen MR) is 127 cm³/mol. The van der Waals surface area contributed by atoms with E-state index in [0.29, 0.717) is 17.7 Å². The van der Waals surface area contributed by atoms with Crippen molar-refractivity contribution in [1.29, 1.82) is 0 Å². The maximum atomic E-state index is 13.6. The lowest BCUT2D eigenvalue weighted by Crippen LogP contribution is -2.53. The number of rotatable bonds is 3. The molecule has 4 fully saturated rings. The highest BCUT2D eigenvalue weighted by Crippen LogP contribution is 2.67. The van der Waals surface area contributed by atoms with Crippen molar-refractivity contribution < 1.29 is 4.79 Å². The van der Waals surface area contributed by atoms with Crippen LogP contribution < -0.4 is 0 Å². The van der Waals surface area contributed by atoms with Gasteiger partial charge in [-0.3, -0.25) is 14.5 Å². The molecule has 2 aromatic rings. The molecular formula is C28H39N3O. The Morgan fingerprint density at radius 3 is 2.72 bits per heavy atom. The molecule has 4 saturated carbocycles. The van der Waals surface area contributed by atoms with Gasteiger partial charge in [-0.1, -0.05) is 27.2 Å². The van der Waals surface area contributed by atoms with E-state index in [2.05, 4.69) is 30.9 Å². The predicted octanol–water partition coefficient (Wildman–Crippen LogP) is 6.30. The Bertz CT molecular complexity index is 996. The van der Waals surface area contributed by atoms with Crippen molar-refractivity contribution in [2.45, 2.75) is 85.1 Å². The number of ketones is 1. The minimum Gasteiger partial charge on any atom is -0.297 e. The van der Waals surface area contributed by atoms with Gasteiger partial charge in [-0.25, -0.2) is 0 Å². The topological polar surface area (TPSA) is 47.8 Å². The number of hydrogen-bond acceptors (Lipinski definition) is 3. The van der Waals surface area contributed by atoms with Crippen molar-refractivity contribution in [1.82, 2.24) is 14.8 Å². The van der Waals surface area contributed by atoms with Gasteiger partial charge in [0.2, 0.25) is 0 Å². The van der Waals surface area contributed by atoms with Crippen LogP contribution in [0.2, 0.25) is 0 Å². The van der Waals surface area contributed by atoms with Gasteiger partial charge in [0.05, 0.1) is 12.7 Å². The van der Waals surface area contributed by atoms with Crippen molar-refractivity contribution in [2.24, 2.45) is 46.3 Å². The molecule has 0 bridgehead atoms. The van der Waals surface area contributed by atoms with Crippen LogP contribution in [-0.2, 0) is 11.3 Å². The summed E-state index contributed by atoms with van der Waals surface area (Å²) in [5.74, 6) is 4.95. The monoisotopic (exact) mass is 433 g/mol. The third-order valence-corrected chi connectivity index (χ3v) is 11.0. The van der Waals surface area contributed by atoms with E-state index < -0.39 is 0 Å². The zero-order chi connectivity index (χ0) is 22.1. The van der Waals surface area contributed by atoms with Crippen molar-refractivity contribution in [3.63, 3.8) is 0 Å². The van der Waals surface area contributed by atoms with Crippen LogP contribution in [0.3, 0.4) is 0 Å². The summed E-state index contributed by atoms with van der Waals surface area (Å²) in [4.78, 5) is 17.7. The fraction of sp³-hybridized carbons (Fsp3) is 0.750. The highest BCUT2D eigenvalue weighted by molar-refractivity contribution is 5.83. The molecule has 0 amide bonds. The Morgan fingerprint density at radius 1 is 1.06 bits per heavy atom. The first kappa shape index (κ1) is 20.9. The van der Waals surface area contributed by atoms with E-state index in [1.807, 2.05) is 16.9 Å². The van der Waals surface area contributed by atoms with E-state index in [9.17, 15) is 4.79 Å². The van der Waals surface area contributed by atoms with Crippen LogP contribution in [0.15, 0.2) is 24.7 Å². The molecule has 0 radical (unpaired) electrons. The van der Waals surface area contributed by atoms with Gasteiger partial charge in [0.25, 0.3) is 0 Å². The minimum atomic E-state index is 0.192. The summed E-state index contributed by atoms with van der Waals surface area (Å²) in [6.45, 7) is 8.01. The molecule has 4 aliphatic rings.